The Morgan fingerprint density at radius 1 is 1.50 bits per heavy atom. The molecule has 86 valence electrons. The molecular weight excluding hydrogens is 204 g/mol. The first kappa shape index (κ1) is 11.0. The third kappa shape index (κ3) is 1.92. The number of hydrogen-bond acceptors (Lipinski definition) is 3. The van der Waals surface area contributed by atoms with Gasteiger partial charge in [-0.25, -0.2) is 9.97 Å². The van der Waals surface area contributed by atoms with Crippen LogP contribution in [0.25, 0.3) is 0 Å². The van der Waals surface area contributed by atoms with Crippen molar-refractivity contribution >= 4 is 5.97 Å². The molecule has 1 heterocycles. The Kier molecular flexibility index (Phi) is 2.90. The molecule has 0 spiro atoms. The lowest BCUT2D eigenvalue weighted by Gasteiger charge is -2.22. The van der Waals surface area contributed by atoms with Crippen molar-refractivity contribution in [2.24, 2.45) is 5.92 Å². The molecule has 1 unspecified atom stereocenters. The highest BCUT2D eigenvalue weighted by atomic mass is 16.4. The molecule has 1 aromatic heterocycles. The number of fused-ring (bicyclic) bond motifs is 1. The van der Waals surface area contributed by atoms with Crippen LogP contribution in [0.2, 0.25) is 0 Å². The van der Waals surface area contributed by atoms with E-state index in [2.05, 4.69) is 9.97 Å². The molecule has 0 aromatic carbocycles. The van der Waals surface area contributed by atoms with E-state index in [4.69, 9.17) is 5.11 Å². The summed E-state index contributed by atoms with van der Waals surface area (Å²) in [5.41, 5.74) is 3.06. The maximum Gasteiger partial charge on any atom is 0.306 e. The first-order valence-corrected chi connectivity index (χ1v) is 5.70. The Morgan fingerprint density at radius 3 is 2.88 bits per heavy atom. The molecule has 0 aliphatic heterocycles. The van der Waals surface area contributed by atoms with E-state index in [1.165, 1.54) is 0 Å². The van der Waals surface area contributed by atoms with Crippen LogP contribution in [-0.2, 0) is 24.1 Å². The van der Waals surface area contributed by atoms with Crippen molar-refractivity contribution < 1.29 is 9.90 Å². The normalized spacial score (nSPS) is 19.2. The van der Waals surface area contributed by atoms with E-state index < -0.39 is 5.97 Å². The van der Waals surface area contributed by atoms with Crippen LogP contribution in [0.5, 0.6) is 0 Å². The van der Waals surface area contributed by atoms with Gasteiger partial charge in [-0.05, 0) is 31.7 Å². The van der Waals surface area contributed by atoms with Gasteiger partial charge in [-0.2, -0.15) is 0 Å². The quantitative estimate of drug-likeness (QED) is 0.821. The average Bonchev–Trinajstić information content (AvgIpc) is 2.28. The lowest BCUT2D eigenvalue weighted by Crippen LogP contribution is -2.24. The van der Waals surface area contributed by atoms with Gasteiger partial charge in [-0.15, -0.1) is 0 Å². The van der Waals surface area contributed by atoms with Gasteiger partial charge in [0.15, 0.2) is 0 Å². The van der Waals surface area contributed by atoms with Gasteiger partial charge in [0.2, 0.25) is 0 Å². The highest BCUT2D eigenvalue weighted by Gasteiger charge is 2.26. The molecular formula is C12H16N2O2. The van der Waals surface area contributed by atoms with Gasteiger partial charge in [0.05, 0.1) is 5.92 Å². The van der Waals surface area contributed by atoms with E-state index >= 15 is 0 Å². The Balaban J connectivity index is 2.35. The molecule has 1 aliphatic carbocycles. The van der Waals surface area contributed by atoms with Gasteiger partial charge < -0.3 is 5.11 Å². The lowest BCUT2D eigenvalue weighted by molar-refractivity contribution is -0.142. The van der Waals surface area contributed by atoms with Crippen molar-refractivity contribution in [1.29, 1.82) is 0 Å². The monoisotopic (exact) mass is 220 g/mol. The molecule has 0 saturated carbocycles. The minimum absolute atomic E-state index is 0.262. The van der Waals surface area contributed by atoms with Gasteiger partial charge in [0.25, 0.3) is 0 Å². The van der Waals surface area contributed by atoms with Crippen LogP contribution in [0.3, 0.4) is 0 Å². The van der Waals surface area contributed by atoms with Gasteiger partial charge in [0.1, 0.15) is 5.82 Å². The highest BCUT2D eigenvalue weighted by molar-refractivity contribution is 5.71. The Morgan fingerprint density at radius 2 is 2.25 bits per heavy atom. The summed E-state index contributed by atoms with van der Waals surface area (Å²) in [6, 6.07) is 0. The maximum absolute atomic E-state index is 11.0. The number of carbonyl (C=O) groups is 1. The molecule has 0 amide bonds. The van der Waals surface area contributed by atoms with Crippen LogP contribution in [-0.4, -0.2) is 21.0 Å². The average molecular weight is 220 g/mol. The van der Waals surface area contributed by atoms with E-state index in [1.807, 2.05) is 13.8 Å². The molecule has 0 radical (unpaired) electrons. The lowest BCUT2D eigenvalue weighted by atomic mass is 9.86. The second kappa shape index (κ2) is 4.20. The van der Waals surface area contributed by atoms with Crippen molar-refractivity contribution in [2.45, 2.75) is 39.5 Å². The van der Waals surface area contributed by atoms with E-state index in [0.29, 0.717) is 12.8 Å². The second-order valence-electron chi connectivity index (χ2n) is 4.28. The van der Waals surface area contributed by atoms with Crippen molar-refractivity contribution in [3.05, 3.63) is 22.8 Å². The van der Waals surface area contributed by atoms with Crippen LogP contribution in [0.15, 0.2) is 0 Å². The fourth-order valence-corrected chi connectivity index (χ4v) is 2.22. The third-order valence-corrected chi connectivity index (χ3v) is 3.19. The number of rotatable bonds is 2. The molecule has 0 saturated heterocycles. The first-order valence-electron chi connectivity index (χ1n) is 5.70. The molecule has 1 N–H and O–H groups in total. The number of aromatic nitrogens is 2. The van der Waals surface area contributed by atoms with Crippen molar-refractivity contribution in [3.63, 3.8) is 0 Å². The molecule has 1 atom stereocenters. The summed E-state index contributed by atoms with van der Waals surface area (Å²) in [7, 11) is 0. The number of aryl methyl sites for hydroxylation is 3. The van der Waals surface area contributed by atoms with Crippen LogP contribution in [0.4, 0.5) is 0 Å². The summed E-state index contributed by atoms with van der Waals surface area (Å²) in [5.74, 6) is -0.100. The van der Waals surface area contributed by atoms with Crippen LogP contribution in [0.1, 0.15) is 36.1 Å². The molecule has 0 fully saturated rings. The summed E-state index contributed by atoms with van der Waals surface area (Å²) in [6.45, 7) is 3.98. The van der Waals surface area contributed by atoms with E-state index in [-0.39, 0.29) is 5.92 Å². The molecule has 1 aliphatic rings. The number of carboxylic acids is 1. The molecule has 4 heteroatoms. The zero-order valence-electron chi connectivity index (χ0n) is 9.66. The van der Waals surface area contributed by atoms with Gasteiger partial charge in [0, 0.05) is 17.8 Å². The Hall–Kier alpha value is -1.45. The molecule has 0 bridgehead atoms. The summed E-state index contributed by atoms with van der Waals surface area (Å²) in [5, 5.41) is 9.01. The first-order chi connectivity index (χ1) is 7.61. The zero-order chi connectivity index (χ0) is 11.7. The molecule has 4 nitrogen and oxygen atoms in total. The van der Waals surface area contributed by atoms with Gasteiger partial charge in [-0.1, -0.05) is 6.92 Å². The number of carboxylic acid groups (broad SMARTS) is 1. The number of nitrogens with zero attached hydrogens (tertiary/aromatic N) is 2. The SMILES string of the molecule is CCc1nc(C)c2c(n1)CCC(C(=O)O)C2. The Labute approximate surface area is 94.7 Å². The molecule has 1 aromatic rings. The standard InChI is InChI=1S/C12H16N2O2/c1-3-11-13-7(2)9-6-8(12(15)16)4-5-10(9)14-11/h8H,3-6H2,1-2H3,(H,15,16). The second-order valence-corrected chi connectivity index (χ2v) is 4.28. The summed E-state index contributed by atoms with van der Waals surface area (Å²) < 4.78 is 0. The molecule has 2 rings (SSSR count). The topological polar surface area (TPSA) is 63.1 Å². The number of hydrogen-bond donors (Lipinski definition) is 1. The van der Waals surface area contributed by atoms with Crippen molar-refractivity contribution in [3.8, 4) is 0 Å². The third-order valence-electron chi connectivity index (χ3n) is 3.19. The Bertz CT molecular complexity index is 429. The summed E-state index contributed by atoms with van der Waals surface area (Å²) in [4.78, 5) is 19.8. The fraction of sp³-hybridized carbons (Fsp3) is 0.583. The van der Waals surface area contributed by atoms with Crippen LogP contribution < -0.4 is 0 Å². The van der Waals surface area contributed by atoms with Crippen molar-refractivity contribution in [1.82, 2.24) is 9.97 Å². The van der Waals surface area contributed by atoms with Crippen LogP contribution in [0, 0.1) is 12.8 Å². The van der Waals surface area contributed by atoms with Crippen LogP contribution >= 0.6 is 0 Å². The van der Waals surface area contributed by atoms with Gasteiger partial charge in [-0.3, -0.25) is 4.79 Å². The summed E-state index contributed by atoms with van der Waals surface area (Å²) >= 11 is 0. The highest BCUT2D eigenvalue weighted by Crippen LogP contribution is 2.26. The van der Waals surface area contributed by atoms with E-state index in [1.54, 1.807) is 0 Å². The van der Waals surface area contributed by atoms with Crippen molar-refractivity contribution in [2.75, 3.05) is 0 Å². The fourth-order valence-electron chi connectivity index (χ4n) is 2.22. The molecule has 16 heavy (non-hydrogen) atoms. The van der Waals surface area contributed by atoms with E-state index in [9.17, 15) is 4.79 Å². The summed E-state index contributed by atoms with van der Waals surface area (Å²) in [6.07, 6.45) is 2.88. The van der Waals surface area contributed by atoms with Gasteiger partial charge >= 0.3 is 5.97 Å². The number of aliphatic carboxylic acids is 1. The predicted molar refractivity (Wildman–Crippen MR) is 59.3 cm³/mol. The zero-order valence-corrected chi connectivity index (χ0v) is 9.66. The largest absolute Gasteiger partial charge is 0.481 e. The minimum atomic E-state index is -0.704. The minimum Gasteiger partial charge on any atom is -0.481 e. The maximum atomic E-state index is 11.0. The smallest absolute Gasteiger partial charge is 0.306 e. The van der Waals surface area contributed by atoms with E-state index in [0.717, 1.165) is 35.6 Å². The predicted octanol–water partition coefficient (Wildman–Crippen LogP) is 1.54.